The van der Waals surface area contributed by atoms with Crippen molar-refractivity contribution in [3.8, 4) is 17.2 Å². The zero-order valence-corrected chi connectivity index (χ0v) is 23.6. The molecular formula is C28H37N3O5S. The van der Waals surface area contributed by atoms with E-state index in [1.165, 1.54) is 0 Å². The minimum atomic E-state index is -0.853. The molecule has 0 bridgehead atoms. The molecule has 0 saturated heterocycles. The van der Waals surface area contributed by atoms with Gasteiger partial charge in [0.05, 0.1) is 30.2 Å². The lowest BCUT2D eigenvalue weighted by Crippen LogP contribution is -2.29. The van der Waals surface area contributed by atoms with Crippen LogP contribution in [0, 0.1) is 27.7 Å². The molecule has 1 aromatic heterocycles. The quantitative estimate of drug-likeness (QED) is 0.223. The molecule has 37 heavy (non-hydrogen) atoms. The lowest BCUT2D eigenvalue weighted by Gasteiger charge is -2.24. The van der Waals surface area contributed by atoms with Gasteiger partial charge in [-0.2, -0.15) is 0 Å². The van der Waals surface area contributed by atoms with Crippen LogP contribution in [0.4, 0.5) is 0 Å². The smallest absolute Gasteiger partial charge is 0.307 e. The molecule has 0 aliphatic rings. The van der Waals surface area contributed by atoms with E-state index in [2.05, 4.69) is 36.8 Å². The van der Waals surface area contributed by atoms with Crippen LogP contribution in [0.5, 0.6) is 17.2 Å². The molecule has 3 aromatic rings. The Hall–Kier alpha value is -3.04. The van der Waals surface area contributed by atoms with E-state index in [0.29, 0.717) is 19.0 Å². The summed E-state index contributed by atoms with van der Waals surface area (Å²) >= 11 is 4.25. The van der Waals surface area contributed by atoms with Gasteiger partial charge in [0.25, 0.3) is 0 Å². The zero-order valence-electron chi connectivity index (χ0n) is 22.7. The standard InChI is InChI=1S/C28H37N3O5S/c1-17-10-22(14-25(32)33)11-18(2)27(17)36-24-12-19(3)26(20(4)13-24)35-16-23-15-31(30-29-23)28(6,7)8-9-34-21(5)37/h10-13,15,21,37H,8-9,14,16H2,1-7H3,(H,32,33). The molecule has 9 heteroatoms. The summed E-state index contributed by atoms with van der Waals surface area (Å²) in [4.78, 5) is 11.1. The molecule has 2 aromatic carbocycles. The minimum absolute atomic E-state index is 0.0127. The number of rotatable bonds is 12. The van der Waals surface area contributed by atoms with E-state index < -0.39 is 5.97 Å². The highest BCUT2D eigenvalue weighted by molar-refractivity contribution is 7.80. The molecule has 3 rings (SSSR count). The van der Waals surface area contributed by atoms with Gasteiger partial charge in [-0.1, -0.05) is 17.3 Å². The highest BCUT2D eigenvalue weighted by Crippen LogP contribution is 2.35. The van der Waals surface area contributed by atoms with Gasteiger partial charge in [0, 0.05) is 0 Å². The molecule has 1 heterocycles. The van der Waals surface area contributed by atoms with Crippen LogP contribution in [0.3, 0.4) is 0 Å². The number of benzene rings is 2. The van der Waals surface area contributed by atoms with Crippen LogP contribution in [0.2, 0.25) is 0 Å². The number of nitrogens with zero attached hydrogens (tertiary/aromatic N) is 3. The van der Waals surface area contributed by atoms with E-state index in [9.17, 15) is 4.79 Å². The third-order valence-electron chi connectivity index (χ3n) is 6.13. The van der Waals surface area contributed by atoms with Gasteiger partial charge in [0.2, 0.25) is 0 Å². The Bertz CT molecular complexity index is 1210. The number of hydrogen-bond acceptors (Lipinski definition) is 7. The molecule has 8 nitrogen and oxygen atoms in total. The second kappa shape index (κ2) is 12.0. The van der Waals surface area contributed by atoms with Crippen LogP contribution >= 0.6 is 12.6 Å². The summed E-state index contributed by atoms with van der Waals surface area (Å²) in [7, 11) is 0. The van der Waals surface area contributed by atoms with Gasteiger partial charge >= 0.3 is 5.97 Å². The van der Waals surface area contributed by atoms with E-state index in [0.717, 1.165) is 51.4 Å². The molecular weight excluding hydrogens is 490 g/mol. The molecule has 200 valence electrons. The molecule has 0 amide bonds. The van der Waals surface area contributed by atoms with Crippen LogP contribution < -0.4 is 9.47 Å². The summed E-state index contributed by atoms with van der Waals surface area (Å²) < 4.78 is 19.8. The fraction of sp³-hybridized carbons (Fsp3) is 0.464. The summed E-state index contributed by atoms with van der Waals surface area (Å²) in [5, 5.41) is 17.7. The van der Waals surface area contributed by atoms with Crippen molar-refractivity contribution in [3.63, 3.8) is 0 Å². The highest BCUT2D eigenvalue weighted by atomic mass is 32.1. The maximum atomic E-state index is 11.1. The SMILES string of the molecule is Cc1cc(Oc2c(C)cc(CC(=O)O)cc2C)cc(C)c1OCc1cn(C(C)(C)CCOC(C)S)nn1. The van der Waals surface area contributed by atoms with E-state index in [4.69, 9.17) is 19.3 Å². The van der Waals surface area contributed by atoms with Crippen molar-refractivity contribution in [2.75, 3.05) is 6.61 Å². The summed E-state index contributed by atoms with van der Waals surface area (Å²) in [6.07, 6.45) is 2.68. The largest absolute Gasteiger partial charge is 0.487 e. The molecule has 1 atom stereocenters. The molecule has 0 aliphatic carbocycles. The number of aryl methyl sites for hydroxylation is 4. The van der Waals surface area contributed by atoms with Crippen LogP contribution in [0.1, 0.15) is 60.7 Å². The van der Waals surface area contributed by atoms with Gasteiger partial charge in [-0.25, -0.2) is 4.68 Å². The first kappa shape index (κ1) is 28.5. The monoisotopic (exact) mass is 527 g/mol. The van der Waals surface area contributed by atoms with Crippen molar-refractivity contribution >= 4 is 18.6 Å². The van der Waals surface area contributed by atoms with Gasteiger partial charge in [-0.15, -0.1) is 17.7 Å². The van der Waals surface area contributed by atoms with Crippen molar-refractivity contribution < 1.29 is 24.1 Å². The molecule has 0 aliphatic heterocycles. The molecule has 0 spiro atoms. The zero-order chi connectivity index (χ0) is 27.3. The number of carboxylic acid groups (broad SMARTS) is 1. The normalized spacial score (nSPS) is 12.4. The lowest BCUT2D eigenvalue weighted by molar-refractivity contribution is -0.136. The van der Waals surface area contributed by atoms with Crippen molar-refractivity contribution in [2.45, 2.75) is 78.9 Å². The Labute approximate surface area is 224 Å². The third kappa shape index (κ3) is 7.72. The minimum Gasteiger partial charge on any atom is -0.487 e. The van der Waals surface area contributed by atoms with Crippen molar-refractivity contribution in [3.05, 3.63) is 64.0 Å². The Kier molecular flexibility index (Phi) is 9.26. The number of hydrogen-bond donors (Lipinski definition) is 2. The topological polar surface area (TPSA) is 95.7 Å². The van der Waals surface area contributed by atoms with E-state index in [-0.39, 0.29) is 17.4 Å². The predicted molar refractivity (Wildman–Crippen MR) is 146 cm³/mol. The second-order valence-electron chi connectivity index (χ2n) is 10.1. The Morgan fingerprint density at radius 1 is 1.05 bits per heavy atom. The fourth-order valence-electron chi connectivity index (χ4n) is 4.19. The number of carboxylic acids is 1. The Morgan fingerprint density at radius 2 is 1.65 bits per heavy atom. The first-order valence-electron chi connectivity index (χ1n) is 12.3. The Morgan fingerprint density at radius 3 is 2.22 bits per heavy atom. The van der Waals surface area contributed by atoms with Gasteiger partial charge in [0.1, 0.15) is 29.5 Å². The summed E-state index contributed by atoms with van der Waals surface area (Å²) in [5.74, 6) is 1.36. The number of ether oxygens (including phenoxy) is 3. The molecule has 1 N–H and O–H groups in total. The maximum Gasteiger partial charge on any atom is 0.307 e. The molecule has 1 unspecified atom stereocenters. The fourth-order valence-corrected chi connectivity index (χ4v) is 4.30. The maximum absolute atomic E-state index is 11.1. The summed E-state index contributed by atoms with van der Waals surface area (Å²) in [6, 6.07) is 7.59. The van der Waals surface area contributed by atoms with Crippen molar-refractivity contribution in [1.29, 1.82) is 0 Å². The van der Waals surface area contributed by atoms with Gasteiger partial charge < -0.3 is 19.3 Å². The molecule has 0 saturated carbocycles. The number of carbonyl (C=O) groups is 1. The Balaban J connectivity index is 1.68. The van der Waals surface area contributed by atoms with Crippen LogP contribution in [0.15, 0.2) is 30.5 Å². The third-order valence-corrected chi connectivity index (χ3v) is 6.28. The van der Waals surface area contributed by atoms with E-state index in [1.54, 1.807) is 0 Å². The van der Waals surface area contributed by atoms with Gasteiger partial charge in [-0.05, 0) is 94.8 Å². The van der Waals surface area contributed by atoms with E-state index >= 15 is 0 Å². The van der Waals surface area contributed by atoms with E-state index in [1.807, 2.05) is 69.8 Å². The van der Waals surface area contributed by atoms with Crippen molar-refractivity contribution in [2.24, 2.45) is 0 Å². The predicted octanol–water partition coefficient (Wildman–Crippen LogP) is 5.93. The number of aromatic nitrogens is 3. The average molecular weight is 528 g/mol. The first-order chi connectivity index (χ1) is 17.4. The van der Waals surface area contributed by atoms with Crippen LogP contribution in [-0.2, 0) is 28.1 Å². The molecule has 0 fully saturated rings. The van der Waals surface area contributed by atoms with Gasteiger partial charge in [0.15, 0.2) is 0 Å². The molecule has 0 radical (unpaired) electrons. The summed E-state index contributed by atoms with van der Waals surface area (Å²) in [5.41, 5.74) is 4.82. The average Bonchev–Trinajstić information content (AvgIpc) is 3.25. The van der Waals surface area contributed by atoms with Crippen LogP contribution in [0.25, 0.3) is 0 Å². The summed E-state index contributed by atoms with van der Waals surface area (Å²) in [6.45, 7) is 14.8. The van der Waals surface area contributed by atoms with Crippen LogP contribution in [-0.4, -0.2) is 38.1 Å². The number of aliphatic carboxylic acids is 1. The van der Waals surface area contributed by atoms with Gasteiger partial charge in [-0.3, -0.25) is 4.79 Å². The van der Waals surface area contributed by atoms with Crippen molar-refractivity contribution in [1.82, 2.24) is 15.0 Å². The number of thiol groups is 1. The highest BCUT2D eigenvalue weighted by Gasteiger charge is 2.22. The second-order valence-corrected chi connectivity index (χ2v) is 10.8. The lowest BCUT2D eigenvalue weighted by atomic mass is 10.0. The first-order valence-corrected chi connectivity index (χ1v) is 12.8.